The first-order valence-electron chi connectivity index (χ1n) is 7.76. The number of halogens is 1. The molecule has 2 unspecified atom stereocenters. The number of benzene rings is 1. The first-order valence-corrected chi connectivity index (χ1v) is 9.63. The van der Waals surface area contributed by atoms with Gasteiger partial charge in [0.2, 0.25) is 6.79 Å². The van der Waals surface area contributed by atoms with Crippen molar-refractivity contribution in [2.75, 3.05) is 24.8 Å². The maximum Gasteiger partial charge on any atom is 0.254 e. The average molecular weight is 382 g/mol. The molecule has 0 N–H and O–H groups in total. The van der Waals surface area contributed by atoms with Crippen molar-refractivity contribution in [3.8, 4) is 11.5 Å². The summed E-state index contributed by atoms with van der Waals surface area (Å²) in [5, 5.41) is 4.51. The lowest BCUT2D eigenvalue weighted by molar-refractivity contribution is 0.0699. The molecule has 0 bridgehead atoms. The summed E-state index contributed by atoms with van der Waals surface area (Å²) in [5.41, 5.74) is 1.30. The van der Waals surface area contributed by atoms with Gasteiger partial charge in [-0.1, -0.05) is 11.6 Å². The van der Waals surface area contributed by atoms with Crippen LogP contribution in [-0.4, -0.2) is 49.6 Å². The minimum atomic E-state index is -0.961. The normalized spacial score (nSPS) is 22.2. The number of amides is 1. The molecule has 2 aliphatic heterocycles. The van der Waals surface area contributed by atoms with Crippen molar-refractivity contribution < 1.29 is 18.5 Å². The number of rotatable bonds is 2. The second kappa shape index (κ2) is 6.34. The molecule has 0 spiro atoms. The average Bonchev–Trinajstić information content (AvgIpc) is 3.23. The Hall–Kier alpha value is -2.06. The summed E-state index contributed by atoms with van der Waals surface area (Å²) in [5.74, 6) is 1.61. The maximum atomic E-state index is 13.1. The van der Waals surface area contributed by atoms with Crippen LogP contribution in [0, 0.1) is 0 Å². The van der Waals surface area contributed by atoms with Crippen LogP contribution in [0.3, 0.4) is 0 Å². The van der Waals surface area contributed by atoms with E-state index in [1.165, 1.54) is 0 Å². The molecular formula is C16H16ClN3O4S. The fourth-order valence-electron chi connectivity index (χ4n) is 3.09. The van der Waals surface area contributed by atoms with Gasteiger partial charge in [-0.05, 0) is 12.1 Å². The minimum absolute atomic E-state index is 0.0910. The number of aromatic nitrogens is 2. The largest absolute Gasteiger partial charge is 0.454 e. The molecular weight excluding hydrogens is 366 g/mol. The first kappa shape index (κ1) is 16.4. The lowest BCUT2D eigenvalue weighted by Gasteiger charge is -2.35. The van der Waals surface area contributed by atoms with E-state index in [2.05, 4.69) is 5.10 Å². The standard InChI is InChI=1S/C16H16ClN3O4S/c1-19-7-11(6-18-19)13-8-25(22)3-2-20(13)16(21)10-4-12(17)15-14(5-10)23-9-24-15/h4-7,13H,2-3,8-9H2,1H3. The van der Waals surface area contributed by atoms with Gasteiger partial charge >= 0.3 is 0 Å². The summed E-state index contributed by atoms with van der Waals surface area (Å²) in [4.78, 5) is 14.8. The summed E-state index contributed by atoms with van der Waals surface area (Å²) in [6.07, 6.45) is 3.56. The summed E-state index contributed by atoms with van der Waals surface area (Å²) < 4.78 is 24.4. The van der Waals surface area contributed by atoms with E-state index in [4.69, 9.17) is 21.1 Å². The van der Waals surface area contributed by atoms with Crippen molar-refractivity contribution in [3.63, 3.8) is 0 Å². The van der Waals surface area contributed by atoms with Crippen molar-refractivity contribution in [2.45, 2.75) is 6.04 Å². The van der Waals surface area contributed by atoms with Crippen molar-refractivity contribution in [1.29, 1.82) is 0 Å². The highest BCUT2D eigenvalue weighted by Gasteiger charge is 2.33. The van der Waals surface area contributed by atoms with Crippen LogP contribution in [-0.2, 0) is 17.8 Å². The van der Waals surface area contributed by atoms with Crippen molar-refractivity contribution in [2.24, 2.45) is 7.05 Å². The topological polar surface area (TPSA) is 73.7 Å². The molecule has 25 heavy (non-hydrogen) atoms. The molecule has 1 saturated heterocycles. The Morgan fingerprint density at radius 3 is 3.00 bits per heavy atom. The number of ether oxygens (including phenoxy) is 2. The Kier molecular flexibility index (Phi) is 4.16. The maximum absolute atomic E-state index is 13.1. The van der Waals surface area contributed by atoms with Gasteiger partial charge in [0.1, 0.15) is 0 Å². The van der Waals surface area contributed by atoms with E-state index in [0.29, 0.717) is 40.1 Å². The lowest BCUT2D eigenvalue weighted by Crippen LogP contribution is -2.44. The van der Waals surface area contributed by atoms with Gasteiger partial charge in [0.15, 0.2) is 11.5 Å². The number of hydrogen-bond acceptors (Lipinski definition) is 5. The summed E-state index contributed by atoms with van der Waals surface area (Å²) in [7, 11) is 0.852. The van der Waals surface area contributed by atoms with Gasteiger partial charge in [-0.2, -0.15) is 5.10 Å². The van der Waals surface area contributed by atoms with Crippen LogP contribution < -0.4 is 9.47 Å². The smallest absolute Gasteiger partial charge is 0.254 e. The third kappa shape index (κ3) is 3.00. The van der Waals surface area contributed by atoms with Crippen LogP contribution in [0.4, 0.5) is 0 Å². The van der Waals surface area contributed by atoms with Crippen LogP contribution in [0.5, 0.6) is 11.5 Å². The predicted octanol–water partition coefficient (Wildman–Crippen LogP) is 1.75. The zero-order valence-electron chi connectivity index (χ0n) is 13.5. The third-order valence-corrected chi connectivity index (χ3v) is 5.93. The molecule has 1 amide bonds. The molecule has 4 rings (SSSR count). The Morgan fingerprint density at radius 1 is 1.40 bits per heavy atom. The number of nitrogens with zero attached hydrogens (tertiary/aromatic N) is 3. The number of carbonyl (C=O) groups is 1. The highest BCUT2D eigenvalue weighted by molar-refractivity contribution is 7.85. The molecule has 132 valence electrons. The van der Waals surface area contributed by atoms with Gasteiger partial charge in [-0.25, -0.2) is 0 Å². The number of carbonyl (C=O) groups excluding carboxylic acids is 1. The van der Waals surface area contributed by atoms with Gasteiger partial charge < -0.3 is 14.4 Å². The van der Waals surface area contributed by atoms with Crippen LogP contribution in [0.25, 0.3) is 0 Å². The van der Waals surface area contributed by atoms with E-state index in [1.807, 2.05) is 13.2 Å². The molecule has 2 aromatic rings. The third-order valence-electron chi connectivity index (χ3n) is 4.32. The van der Waals surface area contributed by atoms with E-state index in [0.717, 1.165) is 5.56 Å². The molecule has 9 heteroatoms. The molecule has 1 aromatic carbocycles. The molecule has 2 aliphatic rings. The van der Waals surface area contributed by atoms with Gasteiger partial charge in [0.25, 0.3) is 5.91 Å². The van der Waals surface area contributed by atoms with Crippen molar-refractivity contribution in [3.05, 3.63) is 40.7 Å². The van der Waals surface area contributed by atoms with E-state index in [9.17, 15) is 9.00 Å². The van der Waals surface area contributed by atoms with Crippen LogP contribution in [0.1, 0.15) is 22.0 Å². The van der Waals surface area contributed by atoms with Crippen LogP contribution >= 0.6 is 11.6 Å². The molecule has 2 atom stereocenters. The Bertz CT molecular complexity index is 869. The monoisotopic (exact) mass is 381 g/mol. The second-order valence-electron chi connectivity index (χ2n) is 5.96. The lowest BCUT2D eigenvalue weighted by atomic mass is 10.1. The Balaban J connectivity index is 1.68. The van der Waals surface area contributed by atoms with Gasteiger partial charge in [0.05, 0.1) is 17.3 Å². The first-order chi connectivity index (χ1) is 12.0. The molecule has 7 nitrogen and oxygen atoms in total. The summed E-state index contributed by atoms with van der Waals surface area (Å²) in [6, 6.07) is 2.95. The zero-order chi connectivity index (χ0) is 17.6. The van der Waals surface area contributed by atoms with Gasteiger partial charge in [-0.15, -0.1) is 0 Å². The zero-order valence-corrected chi connectivity index (χ0v) is 15.0. The van der Waals surface area contributed by atoms with E-state index in [1.54, 1.807) is 27.9 Å². The predicted molar refractivity (Wildman–Crippen MR) is 92.4 cm³/mol. The summed E-state index contributed by atoms with van der Waals surface area (Å²) >= 11 is 6.20. The highest BCUT2D eigenvalue weighted by Crippen LogP contribution is 2.40. The SMILES string of the molecule is Cn1cc(C2CS(=O)CCN2C(=O)c2cc(Cl)c3c(c2)OCO3)cn1. The molecule has 0 saturated carbocycles. The molecule has 0 aliphatic carbocycles. The van der Waals surface area contributed by atoms with Crippen LogP contribution in [0.15, 0.2) is 24.5 Å². The minimum Gasteiger partial charge on any atom is -0.454 e. The van der Waals surface area contributed by atoms with Gasteiger partial charge in [-0.3, -0.25) is 13.7 Å². The Morgan fingerprint density at radius 2 is 2.24 bits per heavy atom. The van der Waals surface area contributed by atoms with Crippen LogP contribution in [0.2, 0.25) is 5.02 Å². The van der Waals surface area contributed by atoms with E-state index < -0.39 is 10.8 Å². The van der Waals surface area contributed by atoms with E-state index >= 15 is 0 Å². The Labute approximate surface area is 151 Å². The fourth-order valence-corrected chi connectivity index (χ4v) is 4.65. The molecule has 0 radical (unpaired) electrons. The highest BCUT2D eigenvalue weighted by atomic mass is 35.5. The van der Waals surface area contributed by atoms with Gasteiger partial charge in [0, 0.05) is 53.2 Å². The molecule has 1 aromatic heterocycles. The second-order valence-corrected chi connectivity index (χ2v) is 7.99. The quantitative estimate of drug-likeness (QED) is 0.792. The molecule has 1 fully saturated rings. The van der Waals surface area contributed by atoms with Crippen molar-refractivity contribution in [1.82, 2.24) is 14.7 Å². The van der Waals surface area contributed by atoms with Crippen molar-refractivity contribution >= 4 is 28.3 Å². The number of fused-ring (bicyclic) bond motifs is 1. The van der Waals surface area contributed by atoms with E-state index in [-0.39, 0.29) is 18.7 Å². The molecule has 3 heterocycles. The number of hydrogen-bond donors (Lipinski definition) is 0. The summed E-state index contributed by atoms with van der Waals surface area (Å²) in [6.45, 7) is 0.505. The fraction of sp³-hybridized carbons (Fsp3) is 0.375. The number of aryl methyl sites for hydroxylation is 1.